The van der Waals surface area contributed by atoms with Crippen molar-refractivity contribution in [2.75, 3.05) is 26.2 Å². The molecule has 2 amide bonds. The van der Waals surface area contributed by atoms with Crippen molar-refractivity contribution in [2.24, 2.45) is 0 Å². The first-order valence-electron chi connectivity index (χ1n) is 8.90. The molecule has 2 fully saturated rings. The summed E-state index contributed by atoms with van der Waals surface area (Å²) >= 11 is 12.1. The maximum atomic E-state index is 12.4. The molecule has 3 rings (SSSR count). The van der Waals surface area contributed by atoms with Gasteiger partial charge in [-0.1, -0.05) is 23.2 Å². The SMILES string of the molecule is CC(C(=O)NC1CC1)N1CCN(C(=O)/C=C/c2cc(Cl)ccc2Cl)CC1. The van der Waals surface area contributed by atoms with Crippen LogP contribution in [0.25, 0.3) is 6.08 Å². The zero-order chi connectivity index (χ0) is 18.7. The quantitative estimate of drug-likeness (QED) is 0.779. The highest BCUT2D eigenvalue weighted by molar-refractivity contribution is 6.34. The highest BCUT2D eigenvalue weighted by Crippen LogP contribution is 2.22. The van der Waals surface area contributed by atoms with E-state index in [4.69, 9.17) is 23.2 Å². The molecule has 1 heterocycles. The molecule has 26 heavy (non-hydrogen) atoms. The lowest BCUT2D eigenvalue weighted by atomic mass is 10.2. The molecule has 1 aromatic rings. The number of rotatable bonds is 5. The standard InChI is InChI=1S/C19H23Cl2N3O2/c1-13(19(26)22-16-4-5-16)23-8-10-24(11-9-23)18(25)7-2-14-12-15(20)3-6-17(14)21/h2-3,6-7,12-13,16H,4-5,8-11H2,1H3,(H,22,26)/b7-2+. The molecule has 0 bridgehead atoms. The first-order valence-corrected chi connectivity index (χ1v) is 9.66. The zero-order valence-corrected chi connectivity index (χ0v) is 16.3. The van der Waals surface area contributed by atoms with Gasteiger partial charge < -0.3 is 10.2 Å². The molecule has 1 atom stereocenters. The number of nitrogens with zero attached hydrogens (tertiary/aromatic N) is 2. The van der Waals surface area contributed by atoms with Crippen molar-refractivity contribution in [2.45, 2.75) is 31.8 Å². The molecule has 1 unspecified atom stereocenters. The van der Waals surface area contributed by atoms with Crippen LogP contribution in [0, 0.1) is 0 Å². The molecule has 5 nitrogen and oxygen atoms in total. The van der Waals surface area contributed by atoms with Crippen molar-refractivity contribution < 1.29 is 9.59 Å². The number of carbonyl (C=O) groups excluding carboxylic acids is 2. The van der Waals surface area contributed by atoms with Gasteiger partial charge in [-0.15, -0.1) is 0 Å². The number of hydrogen-bond acceptors (Lipinski definition) is 3. The second-order valence-corrected chi connectivity index (χ2v) is 7.66. The molecule has 1 aliphatic heterocycles. The van der Waals surface area contributed by atoms with Crippen LogP contribution < -0.4 is 5.32 Å². The smallest absolute Gasteiger partial charge is 0.246 e. The molecule has 1 saturated carbocycles. The molecule has 0 aromatic heterocycles. The van der Waals surface area contributed by atoms with Gasteiger partial charge in [0, 0.05) is 48.3 Å². The van der Waals surface area contributed by atoms with Crippen LogP contribution in [0.5, 0.6) is 0 Å². The van der Waals surface area contributed by atoms with E-state index < -0.39 is 0 Å². The number of amides is 2. The summed E-state index contributed by atoms with van der Waals surface area (Å²) in [6.45, 7) is 4.52. The Bertz CT molecular complexity index is 711. The molecular weight excluding hydrogens is 373 g/mol. The maximum Gasteiger partial charge on any atom is 0.246 e. The fraction of sp³-hybridized carbons (Fsp3) is 0.474. The van der Waals surface area contributed by atoms with E-state index in [1.54, 1.807) is 29.2 Å². The second kappa shape index (κ2) is 8.42. The fourth-order valence-corrected chi connectivity index (χ4v) is 3.31. The van der Waals surface area contributed by atoms with Crippen molar-refractivity contribution in [1.29, 1.82) is 0 Å². The van der Waals surface area contributed by atoms with Gasteiger partial charge in [0.25, 0.3) is 0 Å². The van der Waals surface area contributed by atoms with E-state index in [2.05, 4.69) is 10.2 Å². The van der Waals surface area contributed by atoms with E-state index >= 15 is 0 Å². The van der Waals surface area contributed by atoms with Gasteiger partial charge >= 0.3 is 0 Å². The number of nitrogens with one attached hydrogen (secondary N) is 1. The Morgan fingerprint density at radius 2 is 1.88 bits per heavy atom. The van der Waals surface area contributed by atoms with Crippen LogP contribution in [0.1, 0.15) is 25.3 Å². The monoisotopic (exact) mass is 395 g/mol. The van der Waals surface area contributed by atoms with Gasteiger partial charge in [0.15, 0.2) is 0 Å². The summed E-state index contributed by atoms with van der Waals surface area (Å²) in [7, 11) is 0. The molecule has 2 aliphatic rings. The summed E-state index contributed by atoms with van der Waals surface area (Å²) < 4.78 is 0. The van der Waals surface area contributed by atoms with E-state index in [0.29, 0.717) is 42.3 Å². The lowest BCUT2D eigenvalue weighted by Crippen LogP contribution is -2.55. The Morgan fingerprint density at radius 3 is 2.54 bits per heavy atom. The third-order valence-electron chi connectivity index (χ3n) is 4.84. The van der Waals surface area contributed by atoms with E-state index in [1.165, 1.54) is 6.08 Å². The Balaban J connectivity index is 1.50. The Hall–Kier alpha value is -1.56. The third-order valence-corrected chi connectivity index (χ3v) is 5.42. The van der Waals surface area contributed by atoms with Gasteiger partial charge in [0.1, 0.15) is 0 Å². The minimum absolute atomic E-state index is 0.0595. The van der Waals surface area contributed by atoms with Crippen LogP contribution in [0.2, 0.25) is 10.0 Å². The van der Waals surface area contributed by atoms with Crippen LogP contribution in [0.4, 0.5) is 0 Å². The minimum Gasteiger partial charge on any atom is -0.352 e. The number of benzene rings is 1. The Kier molecular flexibility index (Phi) is 6.22. The number of halogens is 2. The van der Waals surface area contributed by atoms with Crippen molar-refractivity contribution >= 4 is 41.1 Å². The highest BCUT2D eigenvalue weighted by atomic mass is 35.5. The van der Waals surface area contributed by atoms with Gasteiger partial charge in [-0.2, -0.15) is 0 Å². The lowest BCUT2D eigenvalue weighted by molar-refractivity contribution is -0.130. The van der Waals surface area contributed by atoms with E-state index in [1.807, 2.05) is 6.92 Å². The molecular formula is C19H23Cl2N3O2. The van der Waals surface area contributed by atoms with Gasteiger partial charge in [-0.05, 0) is 49.6 Å². The summed E-state index contributed by atoms with van der Waals surface area (Å²) in [6.07, 6.45) is 5.39. The summed E-state index contributed by atoms with van der Waals surface area (Å²) in [4.78, 5) is 28.5. The van der Waals surface area contributed by atoms with Gasteiger partial charge in [-0.3, -0.25) is 14.5 Å². The normalized spacial score (nSPS) is 19.6. The summed E-state index contributed by atoms with van der Waals surface area (Å²) in [5, 5.41) is 4.17. The molecule has 140 valence electrons. The van der Waals surface area contributed by atoms with Crippen LogP contribution in [-0.4, -0.2) is 59.9 Å². The molecule has 7 heteroatoms. The molecule has 1 N–H and O–H groups in total. The topological polar surface area (TPSA) is 52.7 Å². The number of piperazine rings is 1. The van der Waals surface area contributed by atoms with E-state index in [9.17, 15) is 9.59 Å². The van der Waals surface area contributed by atoms with Crippen LogP contribution in [-0.2, 0) is 9.59 Å². The van der Waals surface area contributed by atoms with Gasteiger partial charge in [0.2, 0.25) is 11.8 Å². The van der Waals surface area contributed by atoms with Crippen molar-refractivity contribution in [3.63, 3.8) is 0 Å². The predicted molar refractivity (Wildman–Crippen MR) is 104 cm³/mol. The Morgan fingerprint density at radius 1 is 1.19 bits per heavy atom. The average molecular weight is 396 g/mol. The summed E-state index contributed by atoms with van der Waals surface area (Å²) in [6, 6.07) is 5.36. The van der Waals surface area contributed by atoms with Crippen LogP contribution in [0.3, 0.4) is 0 Å². The highest BCUT2D eigenvalue weighted by Gasteiger charge is 2.30. The number of hydrogen-bond donors (Lipinski definition) is 1. The van der Waals surface area contributed by atoms with E-state index in [0.717, 1.165) is 18.4 Å². The van der Waals surface area contributed by atoms with Crippen LogP contribution >= 0.6 is 23.2 Å². The van der Waals surface area contributed by atoms with Crippen LogP contribution in [0.15, 0.2) is 24.3 Å². The summed E-state index contributed by atoms with van der Waals surface area (Å²) in [5.74, 6) is 0.0264. The third kappa shape index (κ3) is 5.00. The lowest BCUT2D eigenvalue weighted by Gasteiger charge is -2.37. The summed E-state index contributed by atoms with van der Waals surface area (Å²) in [5.41, 5.74) is 0.719. The molecule has 0 spiro atoms. The molecule has 0 radical (unpaired) electrons. The fourth-order valence-electron chi connectivity index (χ4n) is 2.95. The first-order chi connectivity index (χ1) is 12.4. The average Bonchev–Trinajstić information content (AvgIpc) is 3.45. The minimum atomic E-state index is -0.159. The molecule has 1 aromatic carbocycles. The second-order valence-electron chi connectivity index (χ2n) is 6.82. The zero-order valence-electron chi connectivity index (χ0n) is 14.8. The largest absolute Gasteiger partial charge is 0.352 e. The number of carbonyl (C=O) groups is 2. The van der Waals surface area contributed by atoms with Crippen molar-refractivity contribution in [3.8, 4) is 0 Å². The molecule has 1 aliphatic carbocycles. The predicted octanol–water partition coefficient (Wildman–Crippen LogP) is 2.82. The van der Waals surface area contributed by atoms with E-state index in [-0.39, 0.29) is 17.9 Å². The Labute approximate surface area is 163 Å². The van der Waals surface area contributed by atoms with Gasteiger partial charge in [-0.25, -0.2) is 0 Å². The molecule has 1 saturated heterocycles. The van der Waals surface area contributed by atoms with Crippen molar-refractivity contribution in [3.05, 3.63) is 39.9 Å². The van der Waals surface area contributed by atoms with Crippen molar-refractivity contribution in [1.82, 2.24) is 15.1 Å². The van der Waals surface area contributed by atoms with Gasteiger partial charge in [0.05, 0.1) is 6.04 Å². The first kappa shape index (κ1) is 19.2. The maximum absolute atomic E-state index is 12.4.